The molecule has 0 fully saturated rings. The normalized spacial score (nSPS) is 11.1. The molecular formula is C24H23ClN4O6. The molecule has 2 N–H and O–H groups in total. The van der Waals surface area contributed by atoms with E-state index >= 15 is 0 Å². The van der Waals surface area contributed by atoms with Gasteiger partial charge in [0.25, 0.3) is 11.1 Å². The van der Waals surface area contributed by atoms with Gasteiger partial charge < -0.3 is 19.4 Å². The number of nitrogens with one attached hydrogen (secondary N) is 2. The van der Waals surface area contributed by atoms with Crippen molar-refractivity contribution in [3.05, 3.63) is 77.9 Å². The molecule has 0 spiro atoms. The van der Waals surface area contributed by atoms with Gasteiger partial charge in [0.1, 0.15) is 10.9 Å². The van der Waals surface area contributed by atoms with Crippen LogP contribution in [0.1, 0.15) is 19.4 Å². The summed E-state index contributed by atoms with van der Waals surface area (Å²) in [6.07, 6.45) is -0.541. The van der Waals surface area contributed by atoms with Crippen LogP contribution in [0.4, 0.5) is 4.79 Å². The van der Waals surface area contributed by atoms with Gasteiger partial charge in [-0.25, -0.2) is 9.48 Å². The van der Waals surface area contributed by atoms with Crippen LogP contribution in [-0.4, -0.2) is 46.0 Å². The first kappa shape index (κ1) is 24.1. The molecular weight excluding hydrogens is 476 g/mol. The summed E-state index contributed by atoms with van der Waals surface area (Å²) >= 11 is 5.99. The molecule has 4 rings (SSSR count). The SMILES string of the molecule is CCN(CC)C(=O)Oc1cc(Cn2[nH]c(=O)c3[nH]c4cc(Cl)ccc4c(=O)c3c2=O)ccc1OC. The number of ether oxygens (including phenoxy) is 2. The number of benzene rings is 2. The highest BCUT2D eigenvalue weighted by Gasteiger charge is 2.18. The molecule has 0 aliphatic heterocycles. The molecule has 1 amide bonds. The lowest BCUT2D eigenvalue weighted by Crippen LogP contribution is -2.34. The zero-order valence-electron chi connectivity index (χ0n) is 19.3. The summed E-state index contributed by atoms with van der Waals surface area (Å²) in [5, 5.41) is 2.86. The van der Waals surface area contributed by atoms with Gasteiger partial charge in [0.05, 0.1) is 19.2 Å². The van der Waals surface area contributed by atoms with Gasteiger partial charge in [-0.3, -0.25) is 19.5 Å². The monoisotopic (exact) mass is 498 g/mol. The molecule has 2 aromatic heterocycles. The van der Waals surface area contributed by atoms with Crippen LogP contribution in [0.2, 0.25) is 5.02 Å². The molecule has 0 saturated carbocycles. The number of halogens is 1. The highest BCUT2D eigenvalue weighted by Crippen LogP contribution is 2.29. The van der Waals surface area contributed by atoms with Crippen molar-refractivity contribution >= 4 is 39.5 Å². The lowest BCUT2D eigenvalue weighted by molar-refractivity contribution is 0.155. The number of H-pyrrole nitrogens is 2. The van der Waals surface area contributed by atoms with E-state index in [0.717, 1.165) is 4.68 Å². The Hall–Kier alpha value is -4.05. The van der Waals surface area contributed by atoms with Gasteiger partial charge in [-0.05, 0) is 49.7 Å². The van der Waals surface area contributed by atoms with Crippen LogP contribution in [0.5, 0.6) is 11.5 Å². The number of amides is 1. The van der Waals surface area contributed by atoms with E-state index in [0.29, 0.717) is 34.9 Å². The number of methoxy groups -OCH3 is 1. The van der Waals surface area contributed by atoms with E-state index in [-0.39, 0.29) is 28.6 Å². The Balaban J connectivity index is 1.78. The molecule has 0 bridgehead atoms. The van der Waals surface area contributed by atoms with E-state index in [1.165, 1.54) is 30.2 Å². The molecule has 10 nitrogen and oxygen atoms in total. The predicted octanol–water partition coefficient (Wildman–Crippen LogP) is 3.08. The summed E-state index contributed by atoms with van der Waals surface area (Å²) in [5.41, 5.74) is -1.12. The lowest BCUT2D eigenvalue weighted by Gasteiger charge is -2.19. The minimum atomic E-state index is -0.671. The van der Waals surface area contributed by atoms with Crippen molar-refractivity contribution in [2.45, 2.75) is 20.4 Å². The Bertz CT molecular complexity index is 1620. The maximum absolute atomic E-state index is 13.2. The smallest absolute Gasteiger partial charge is 0.415 e. The Labute approximate surface area is 203 Å². The fraction of sp³-hybridized carbons (Fsp3) is 0.250. The Morgan fingerprint density at radius 3 is 2.49 bits per heavy atom. The van der Waals surface area contributed by atoms with Gasteiger partial charge in [-0.1, -0.05) is 17.7 Å². The topological polar surface area (TPSA) is 126 Å². The number of carbonyl (C=O) groups excluding carboxylic acids is 1. The second kappa shape index (κ2) is 9.67. The zero-order valence-corrected chi connectivity index (χ0v) is 20.1. The molecule has 2 aromatic carbocycles. The molecule has 0 atom stereocenters. The first-order valence-electron chi connectivity index (χ1n) is 10.9. The highest BCUT2D eigenvalue weighted by atomic mass is 35.5. The maximum atomic E-state index is 13.2. The largest absolute Gasteiger partial charge is 0.493 e. The third-order valence-electron chi connectivity index (χ3n) is 5.67. The van der Waals surface area contributed by atoms with E-state index in [2.05, 4.69) is 10.1 Å². The minimum Gasteiger partial charge on any atom is -0.493 e. The lowest BCUT2D eigenvalue weighted by atomic mass is 10.1. The van der Waals surface area contributed by atoms with Crippen molar-refractivity contribution in [1.82, 2.24) is 19.7 Å². The Morgan fingerprint density at radius 2 is 1.80 bits per heavy atom. The maximum Gasteiger partial charge on any atom is 0.415 e. The molecule has 0 unspecified atom stereocenters. The van der Waals surface area contributed by atoms with E-state index in [1.54, 1.807) is 18.2 Å². The number of nitrogens with zero attached hydrogens (tertiary/aromatic N) is 2. The van der Waals surface area contributed by atoms with E-state index < -0.39 is 22.6 Å². The first-order valence-corrected chi connectivity index (χ1v) is 11.3. The molecule has 35 heavy (non-hydrogen) atoms. The van der Waals surface area contributed by atoms with Crippen molar-refractivity contribution in [3.8, 4) is 11.5 Å². The van der Waals surface area contributed by atoms with Gasteiger partial charge in [-0.15, -0.1) is 0 Å². The van der Waals surface area contributed by atoms with Crippen LogP contribution in [0, 0.1) is 0 Å². The summed E-state index contributed by atoms with van der Waals surface area (Å²) in [7, 11) is 1.44. The summed E-state index contributed by atoms with van der Waals surface area (Å²) < 4.78 is 11.8. The average molecular weight is 499 g/mol. The van der Waals surface area contributed by atoms with Crippen LogP contribution >= 0.6 is 11.6 Å². The summed E-state index contributed by atoms with van der Waals surface area (Å²) in [6.45, 7) is 4.53. The second-order valence-corrected chi connectivity index (χ2v) is 8.19. The predicted molar refractivity (Wildman–Crippen MR) is 133 cm³/mol. The number of aromatic nitrogens is 3. The van der Waals surface area contributed by atoms with Crippen LogP contribution in [0.25, 0.3) is 21.8 Å². The third kappa shape index (κ3) is 4.52. The van der Waals surface area contributed by atoms with Gasteiger partial charge in [0.15, 0.2) is 11.5 Å². The second-order valence-electron chi connectivity index (χ2n) is 7.75. The van der Waals surface area contributed by atoms with Crippen LogP contribution in [-0.2, 0) is 6.54 Å². The molecule has 0 saturated heterocycles. The van der Waals surface area contributed by atoms with Crippen LogP contribution < -0.4 is 26.0 Å². The molecule has 0 radical (unpaired) electrons. The summed E-state index contributed by atoms with van der Waals surface area (Å²) in [5.74, 6) is 0.494. The molecule has 0 aliphatic carbocycles. The van der Waals surface area contributed by atoms with E-state index in [9.17, 15) is 19.2 Å². The van der Waals surface area contributed by atoms with Crippen LogP contribution in [0.3, 0.4) is 0 Å². The van der Waals surface area contributed by atoms with Gasteiger partial charge in [-0.2, -0.15) is 0 Å². The quantitative estimate of drug-likeness (QED) is 0.393. The molecule has 11 heteroatoms. The molecule has 0 aliphatic rings. The standard InChI is InChI=1S/C24H23ClN4O6/c1-4-28(5-2)24(33)35-18-10-13(6-9-17(18)34-3)12-29-23(32)19-20(22(31)27-29)26-16-11-14(25)7-8-15(16)21(19)30/h6-11H,4-5,12H2,1-3H3,(H,26,30)(H,27,31). The third-order valence-corrected chi connectivity index (χ3v) is 5.91. The van der Waals surface area contributed by atoms with Gasteiger partial charge in [0.2, 0.25) is 5.43 Å². The number of aromatic amines is 2. The van der Waals surface area contributed by atoms with E-state index in [1.807, 2.05) is 13.8 Å². The van der Waals surface area contributed by atoms with Gasteiger partial charge >= 0.3 is 6.09 Å². The van der Waals surface area contributed by atoms with Crippen molar-refractivity contribution in [1.29, 1.82) is 0 Å². The summed E-state index contributed by atoms with van der Waals surface area (Å²) in [6, 6.07) is 9.35. The number of pyridine rings is 1. The number of hydrogen-bond acceptors (Lipinski definition) is 6. The van der Waals surface area contributed by atoms with Gasteiger partial charge in [0, 0.05) is 23.5 Å². The fourth-order valence-corrected chi connectivity index (χ4v) is 4.01. The highest BCUT2D eigenvalue weighted by molar-refractivity contribution is 6.31. The Kier molecular flexibility index (Phi) is 6.65. The van der Waals surface area contributed by atoms with Crippen molar-refractivity contribution in [3.63, 3.8) is 0 Å². The minimum absolute atomic E-state index is 0.0814. The number of carbonyl (C=O) groups is 1. The molecule has 4 aromatic rings. The van der Waals surface area contributed by atoms with Crippen molar-refractivity contribution in [2.75, 3.05) is 20.2 Å². The van der Waals surface area contributed by atoms with Crippen molar-refractivity contribution in [2.24, 2.45) is 0 Å². The fourth-order valence-electron chi connectivity index (χ4n) is 3.84. The van der Waals surface area contributed by atoms with E-state index in [4.69, 9.17) is 21.1 Å². The number of fused-ring (bicyclic) bond motifs is 2. The van der Waals surface area contributed by atoms with Crippen molar-refractivity contribution < 1.29 is 14.3 Å². The summed E-state index contributed by atoms with van der Waals surface area (Å²) in [4.78, 5) is 55.8. The average Bonchev–Trinajstić information content (AvgIpc) is 2.83. The molecule has 2 heterocycles. The van der Waals surface area contributed by atoms with Crippen LogP contribution in [0.15, 0.2) is 50.8 Å². The molecule has 182 valence electrons. The number of hydrogen-bond donors (Lipinski definition) is 2. The number of rotatable bonds is 6. The Morgan fingerprint density at radius 1 is 1.06 bits per heavy atom. The zero-order chi connectivity index (χ0) is 25.3. The first-order chi connectivity index (χ1) is 16.8.